The molecule has 6 heteroatoms. The molecule has 0 fully saturated rings. The van der Waals surface area contributed by atoms with Crippen LogP contribution in [0.1, 0.15) is 27.0 Å². The highest BCUT2D eigenvalue weighted by Gasteiger charge is 2.18. The predicted octanol–water partition coefficient (Wildman–Crippen LogP) is 3.88. The molecule has 0 aliphatic heterocycles. The summed E-state index contributed by atoms with van der Waals surface area (Å²) in [7, 11) is -0.583. The molecule has 0 saturated heterocycles. The molecule has 150 valence electrons. The largest absolute Gasteiger partial charge is 0.457 e. The van der Waals surface area contributed by atoms with E-state index < -0.39 is 16.0 Å². The van der Waals surface area contributed by atoms with Crippen LogP contribution in [0.3, 0.4) is 0 Å². The van der Waals surface area contributed by atoms with Gasteiger partial charge in [-0.05, 0) is 41.3 Å². The molecule has 0 aliphatic rings. The first kappa shape index (κ1) is 20.8. The molecule has 0 amide bonds. The third kappa shape index (κ3) is 5.10. The molecule has 3 rings (SSSR count). The minimum absolute atomic E-state index is 0.00467. The lowest BCUT2D eigenvalue weighted by atomic mass is 10.00. The molecule has 0 N–H and O–H groups in total. The molecule has 0 bridgehead atoms. The first-order valence-corrected chi connectivity index (χ1v) is 10.6. The first-order chi connectivity index (χ1) is 13.9. The van der Waals surface area contributed by atoms with Gasteiger partial charge in [-0.15, -0.1) is 0 Å². The molecule has 3 aromatic carbocycles. The zero-order valence-electron chi connectivity index (χ0n) is 16.4. The Labute approximate surface area is 171 Å². The van der Waals surface area contributed by atoms with Gasteiger partial charge in [0.1, 0.15) is 6.61 Å². The van der Waals surface area contributed by atoms with E-state index in [0.717, 1.165) is 15.4 Å². The van der Waals surface area contributed by atoms with E-state index in [9.17, 15) is 13.2 Å². The van der Waals surface area contributed by atoms with Gasteiger partial charge in [0, 0.05) is 14.1 Å². The maximum absolute atomic E-state index is 12.7. The van der Waals surface area contributed by atoms with Gasteiger partial charge < -0.3 is 4.74 Å². The predicted molar refractivity (Wildman–Crippen MR) is 112 cm³/mol. The summed E-state index contributed by atoms with van der Waals surface area (Å²) in [5.74, 6) is -0.433. The van der Waals surface area contributed by atoms with Gasteiger partial charge >= 0.3 is 5.97 Å². The number of carbonyl (C=O) groups excluding carboxylic acids is 1. The van der Waals surface area contributed by atoms with Crippen LogP contribution in [-0.4, -0.2) is 32.8 Å². The summed E-state index contributed by atoms with van der Waals surface area (Å²) in [6.07, 6.45) is 0.628. The summed E-state index contributed by atoms with van der Waals surface area (Å²) in [5.41, 5.74) is 3.11. The number of esters is 1. The number of benzene rings is 3. The lowest BCUT2D eigenvalue weighted by molar-refractivity contribution is 0.0471. The fourth-order valence-corrected chi connectivity index (χ4v) is 3.90. The molecule has 0 saturated carbocycles. The lowest BCUT2D eigenvalue weighted by Crippen LogP contribution is -2.22. The molecule has 0 unspecified atom stereocenters. The van der Waals surface area contributed by atoms with Crippen molar-refractivity contribution in [3.05, 3.63) is 101 Å². The molecule has 3 aromatic rings. The van der Waals surface area contributed by atoms with Gasteiger partial charge in [-0.1, -0.05) is 60.7 Å². The van der Waals surface area contributed by atoms with Crippen LogP contribution in [-0.2, 0) is 27.8 Å². The van der Waals surface area contributed by atoms with E-state index in [4.69, 9.17) is 4.74 Å². The van der Waals surface area contributed by atoms with E-state index in [1.54, 1.807) is 24.3 Å². The number of hydrogen-bond donors (Lipinski definition) is 0. The van der Waals surface area contributed by atoms with Crippen molar-refractivity contribution in [2.24, 2.45) is 0 Å². The summed E-state index contributed by atoms with van der Waals surface area (Å²) in [4.78, 5) is 12.8. The summed E-state index contributed by atoms with van der Waals surface area (Å²) in [6.45, 7) is -0.00467. The molecule has 0 spiro atoms. The Morgan fingerprint density at radius 3 is 2.24 bits per heavy atom. The normalized spacial score (nSPS) is 11.4. The number of hydrogen-bond acceptors (Lipinski definition) is 4. The highest BCUT2D eigenvalue weighted by atomic mass is 32.2. The van der Waals surface area contributed by atoms with E-state index >= 15 is 0 Å². The maximum Gasteiger partial charge on any atom is 0.338 e. The summed E-state index contributed by atoms with van der Waals surface area (Å²) in [5, 5.41) is 0. The third-order valence-corrected chi connectivity index (χ3v) is 6.33. The number of carbonyl (C=O) groups is 1. The fourth-order valence-electron chi connectivity index (χ4n) is 2.92. The van der Waals surface area contributed by atoms with Crippen LogP contribution in [0.15, 0.2) is 83.8 Å². The van der Waals surface area contributed by atoms with Crippen molar-refractivity contribution in [1.82, 2.24) is 4.31 Å². The number of ether oxygens (including phenoxy) is 1. The van der Waals surface area contributed by atoms with E-state index in [1.165, 1.54) is 26.2 Å². The highest BCUT2D eigenvalue weighted by Crippen LogP contribution is 2.18. The molecule has 5 nitrogen and oxygen atoms in total. The average molecular weight is 410 g/mol. The van der Waals surface area contributed by atoms with E-state index in [2.05, 4.69) is 0 Å². The summed E-state index contributed by atoms with van der Waals surface area (Å²) in [6, 6.07) is 23.7. The SMILES string of the molecule is CN(C)S(=O)(=O)c1cccc(COC(=O)c2ccccc2Cc2ccccc2)c1. The van der Waals surface area contributed by atoms with Crippen molar-refractivity contribution in [1.29, 1.82) is 0 Å². The van der Waals surface area contributed by atoms with Crippen molar-refractivity contribution in [3.8, 4) is 0 Å². The average Bonchev–Trinajstić information content (AvgIpc) is 2.73. The second-order valence-electron chi connectivity index (χ2n) is 6.83. The Bertz CT molecular complexity index is 1090. The monoisotopic (exact) mass is 409 g/mol. The first-order valence-electron chi connectivity index (χ1n) is 9.18. The van der Waals surface area contributed by atoms with Gasteiger partial charge in [0.25, 0.3) is 0 Å². The van der Waals surface area contributed by atoms with Gasteiger partial charge in [-0.3, -0.25) is 0 Å². The highest BCUT2D eigenvalue weighted by molar-refractivity contribution is 7.89. The molecule has 0 aliphatic carbocycles. The van der Waals surface area contributed by atoms with Crippen molar-refractivity contribution in [2.45, 2.75) is 17.9 Å². The van der Waals surface area contributed by atoms with Crippen LogP contribution in [0.5, 0.6) is 0 Å². The number of sulfonamides is 1. The van der Waals surface area contributed by atoms with Gasteiger partial charge in [-0.2, -0.15) is 0 Å². The minimum atomic E-state index is -3.54. The number of rotatable bonds is 7. The van der Waals surface area contributed by atoms with Crippen molar-refractivity contribution >= 4 is 16.0 Å². The molecule has 29 heavy (non-hydrogen) atoms. The molecular weight excluding hydrogens is 386 g/mol. The fraction of sp³-hybridized carbons (Fsp3) is 0.174. The zero-order chi connectivity index (χ0) is 20.9. The van der Waals surface area contributed by atoms with Crippen LogP contribution in [0.4, 0.5) is 0 Å². The van der Waals surface area contributed by atoms with Gasteiger partial charge in [-0.25, -0.2) is 17.5 Å². The van der Waals surface area contributed by atoms with Gasteiger partial charge in [0.05, 0.1) is 10.5 Å². The molecule has 0 radical (unpaired) electrons. The van der Waals surface area contributed by atoms with Crippen LogP contribution in [0, 0.1) is 0 Å². The second kappa shape index (κ2) is 9.03. The summed E-state index contributed by atoms with van der Waals surface area (Å²) < 4.78 is 31.2. The molecule has 0 atom stereocenters. The van der Waals surface area contributed by atoms with Crippen LogP contribution >= 0.6 is 0 Å². The van der Waals surface area contributed by atoms with E-state index in [1.807, 2.05) is 42.5 Å². The quantitative estimate of drug-likeness (QED) is 0.556. The Balaban J connectivity index is 1.74. The smallest absolute Gasteiger partial charge is 0.338 e. The van der Waals surface area contributed by atoms with Crippen molar-refractivity contribution in [3.63, 3.8) is 0 Å². The van der Waals surface area contributed by atoms with Crippen LogP contribution in [0.25, 0.3) is 0 Å². The number of nitrogens with zero attached hydrogens (tertiary/aromatic N) is 1. The van der Waals surface area contributed by atoms with Crippen molar-refractivity contribution in [2.75, 3.05) is 14.1 Å². The minimum Gasteiger partial charge on any atom is -0.457 e. The second-order valence-corrected chi connectivity index (χ2v) is 8.98. The topological polar surface area (TPSA) is 63.7 Å². The summed E-state index contributed by atoms with van der Waals surface area (Å²) >= 11 is 0. The Kier molecular flexibility index (Phi) is 6.46. The molecule has 0 heterocycles. The maximum atomic E-state index is 12.7. The van der Waals surface area contributed by atoms with E-state index in [-0.39, 0.29) is 11.5 Å². The lowest BCUT2D eigenvalue weighted by Gasteiger charge is -2.13. The van der Waals surface area contributed by atoms with Crippen LogP contribution in [0.2, 0.25) is 0 Å². The van der Waals surface area contributed by atoms with Gasteiger partial charge in [0.15, 0.2) is 0 Å². The Morgan fingerprint density at radius 2 is 1.52 bits per heavy atom. The molecular formula is C23H23NO4S. The van der Waals surface area contributed by atoms with Crippen LogP contribution < -0.4 is 0 Å². The molecule has 0 aromatic heterocycles. The van der Waals surface area contributed by atoms with E-state index in [0.29, 0.717) is 17.5 Å². The third-order valence-electron chi connectivity index (χ3n) is 4.52. The zero-order valence-corrected chi connectivity index (χ0v) is 17.2. The standard InChI is InChI=1S/C23H23NO4S/c1-24(2)29(26,27)21-13-8-11-19(16-21)17-28-23(25)22-14-7-6-12-20(22)15-18-9-4-3-5-10-18/h3-14,16H,15,17H2,1-2H3. The Hall–Kier alpha value is -2.96. The van der Waals surface area contributed by atoms with Gasteiger partial charge in [0.2, 0.25) is 10.0 Å². The van der Waals surface area contributed by atoms with Crippen molar-refractivity contribution < 1.29 is 17.9 Å². The Morgan fingerprint density at radius 1 is 0.862 bits per heavy atom.